The molecule has 0 aromatic heterocycles. The zero-order chi connectivity index (χ0) is 9.68. The van der Waals surface area contributed by atoms with Crippen molar-refractivity contribution < 1.29 is 9.53 Å². The quantitative estimate of drug-likeness (QED) is 0.510. The van der Waals surface area contributed by atoms with E-state index in [0.29, 0.717) is 6.61 Å². The minimum absolute atomic E-state index is 0.0521. The summed E-state index contributed by atoms with van der Waals surface area (Å²) in [6.07, 6.45) is 0. The van der Waals surface area contributed by atoms with Crippen LogP contribution in [-0.4, -0.2) is 13.8 Å². The van der Waals surface area contributed by atoms with Crippen molar-refractivity contribution in [2.24, 2.45) is 0 Å². The number of carbonyl (C=O) groups excluding carboxylic acids is 1. The Morgan fingerprint density at radius 2 is 2.08 bits per heavy atom. The first-order valence-electron chi connectivity index (χ1n) is 4.40. The van der Waals surface area contributed by atoms with Crippen LogP contribution in [0.5, 0.6) is 0 Å². The Balaban J connectivity index is 2.40. The van der Waals surface area contributed by atoms with Crippen molar-refractivity contribution in [3.8, 4) is 0 Å². The maximum Gasteiger partial charge on any atom is 0.300 e. The van der Waals surface area contributed by atoms with Crippen molar-refractivity contribution in [2.45, 2.75) is 19.3 Å². The lowest BCUT2D eigenvalue weighted by molar-refractivity contribution is -0.144. The van der Waals surface area contributed by atoms with Gasteiger partial charge in [0.2, 0.25) is 0 Å². The van der Waals surface area contributed by atoms with Gasteiger partial charge >= 0.3 is 5.97 Å². The number of benzene rings is 1. The van der Waals surface area contributed by atoms with Crippen LogP contribution in [0.15, 0.2) is 30.3 Å². The number of ether oxygens (including phenoxy) is 1. The van der Waals surface area contributed by atoms with Crippen LogP contribution in [0.4, 0.5) is 0 Å². The molecule has 0 radical (unpaired) electrons. The predicted molar refractivity (Wildman–Crippen MR) is 54.2 cm³/mol. The van der Waals surface area contributed by atoms with E-state index in [1.807, 2.05) is 45.1 Å². The molecule has 3 heteroatoms. The molecule has 1 atom stereocenters. The first kappa shape index (κ1) is 9.84. The number of hydrogen-bond donors (Lipinski definition) is 0. The Morgan fingerprint density at radius 3 is 2.62 bits per heavy atom. The van der Waals surface area contributed by atoms with E-state index in [4.69, 9.17) is 4.74 Å². The van der Waals surface area contributed by atoms with Crippen LogP contribution in [0.25, 0.3) is 0 Å². The molecule has 1 aromatic rings. The van der Waals surface area contributed by atoms with Gasteiger partial charge in [-0.2, -0.15) is 0 Å². The number of carbonyl (C=O) groups is 1. The lowest BCUT2D eigenvalue weighted by Crippen LogP contribution is -2.09. The third-order valence-corrected chi connectivity index (χ3v) is 1.70. The third-order valence-electron chi connectivity index (χ3n) is 1.70. The van der Waals surface area contributed by atoms with Crippen molar-refractivity contribution in [1.82, 2.24) is 0 Å². The van der Waals surface area contributed by atoms with Crippen molar-refractivity contribution >= 4 is 13.8 Å². The first-order valence-corrected chi connectivity index (χ1v) is 4.40. The van der Waals surface area contributed by atoms with Gasteiger partial charge in [-0.3, -0.25) is 4.79 Å². The highest BCUT2D eigenvalue weighted by Gasteiger charge is 2.07. The summed E-state index contributed by atoms with van der Waals surface area (Å²) in [6.45, 7) is 2.20. The average Bonchev–Trinajstić information content (AvgIpc) is 2.15. The molecular formula is C10H13BO2. The molecule has 0 aliphatic heterocycles. The van der Waals surface area contributed by atoms with Gasteiger partial charge in [-0.15, -0.1) is 0 Å². The van der Waals surface area contributed by atoms with Crippen molar-refractivity contribution in [3.05, 3.63) is 35.9 Å². The molecule has 13 heavy (non-hydrogen) atoms. The van der Waals surface area contributed by atoms with E-state index in [1.54, 1.807) is 0 Å². The molecule has 1 rings (SSSR count). The van der Waals surface area contributed by atoms with Crippen LogP contribution in [0.3, 0.4) is 0 Å². The van der Waals surface area contributed by atoms with E-state index in [-0.39, 0.29) is 11.8 Å². The third kappa shape index (κ3) is 3.32. The second-order valence-corrected chi connectivity index (χ2v) is 3.25. The minimum atomic E-state index is -0.149. The summed E-state index contributed by atoms with van der Waals surface area (Å²) >= 11 is 0. The van der Waals surface area contributed by atoms with E-state index >= 15 is 0 Å². The summed E-state index contributed by atoms with van der Waals surface area (Å²) in [4.78, 5) is 11.1. The predicted octanol–water partition coefficient (Wildman–Crippen LogP) is 1.17. The highest BCUT2D eigenvalue weighted by molar-refractivity contribution is 6.22. The van der Waals surface area contributed by atoms with Gasteiger partial charge in [0.05, 0.1) is 0 Å². The second kappa shape index (κ2) is 4.70. The van der Waals surface area contributed by atoms with Gasteiger partial charge < -0.3 is 4.74 Å². The van der Waals surface area contributed by atoms with Crippen molar-refractivity contribution in [3.63, 3.8) is 0 Å². The van der Waals surface area contributed by atoms with E-state index in [0.717, 1.165) is 5.56 Å². The number of esters is 1. The zero-order valence-electron chi connectivity index (χ0n) is 7.99. The summed E-state index contributed by atoms with van der Waals surface area (Å²) in [5, 5.41) is 0. The van der Waals surface area contributed by atoms with E-state index in [9.17, 15) is 4.79 Å². The Kier molecular flexibility index (Phi) is 3.56. The summed E-state index contributed by atoms with van der Waals surface area (Å²) in [5.74, 6) is -0.201. The maximum atomic E-state index is 11.1. The first-order chi connectivity index (χ1) is 6.20. The fourth-order valence-electron chi connectivity index (χ4n) is 0.895. The fourth-order valence-corrected chi connectivity index (χ4v) is 0.895. The Morgan fingerprint density at radius 1 is 1.46 bits per heavy atom. The average molecular weight is 176 g/mol. The van der Waals surface area contributed by atoms with Gasteiger partial charge in [-0.1, -0.05) is 37.3 Å². The Hall–Kier alpha value is -1.25. The molecule has 2 nitrogen and oxygen atoms in total. The summed E-state index contributed by atoms with van der Waals surface area (Å²) in [5.41, 5.74) is 1.02. The van der Waals surface area contributed by atoms with E-state index < -0.39 is 0 Å². The topological polar surface area (TPSA) is 26.3 Å². The maximum absolute atomic E-state index is 11.1. The van der Waals surface area contributed by atoms with Gasteiger partial charge in [-0.05, 0) is 5.56 Å². The van der Waals surface area contributed by atoms with Gasteiger partial charge in [0.15, 0.2) is 0 Å². The molecule has 0 fully saturated rings. The van der Waals surface area contributed by atoms with Crippen LogP contribution >= 0.6 is 0 Å². The van der Waals surface area contributed by atoms with Gasteiger partial charge in [0.1, 0.15) is 14.5 Å². The monoisotopic (exact) mass is 176 g/mol. The molecule has 1 aromatic carbocycles. The molecule has 0 saturated carbocycles. The highest BCUT2D eigenvalue weighted by Crippen LogP contribution is 2.04. The van der Waals surface area contributed by atoms with Crippen molar-refractivity contribution in [2.75, 3.05) is 0 Å². The van der Waals surface area contributed by atoms with Crippen LogP contribution in [-0.2, 0) is 16.1 Å². The van der Waals surface area contributed by atoms with E-state index in [2.05, 4.69) is 0 Å². The molecule has 1 unspecified atom stereocenters. The SMILES string of the molecule is BC(C)C(=O)OCc1ccccc1. The molecular weight excluding hydrogens is 163 g/mol. The number of hydrogen-bond acceptors (Lipinski definition) is 2. The molecule has 0 aliphatic rings. The molecule has 0 saturated heterocycles. The van der Waals surface area contributed by atoms with Gasteiger partial charge in [0.25, 0.3) is 0 Å². The van der Waals surface area contributed by atoms with Crippen LogP contribution in [0, 0.1) is 0 Å². The normalized spacial score (nSPS) is 12.1. The molecule has 0 N–H and O–H groups in total. The molecule has 0 aliphatic carbocycles. The summed E-state index contributed by atoms with van der Waals surface area (Å²) in [6, 6.07) is 9.67. The molecule has 0 spiro atoms. The Labute approximate surface area is 79.3 Å². The Bertz CT molecular complexity index is 270. The van der Waals surface area contributed by atoms with Crippen LogP contribution < -0.4 is 0 Å². The largest absolute Gasteiger partial charge is 0.461 e. The molecule has 0 amide bonds. The van der Waals surface area contributed by atoms with Crippen LogP contribution in [0.1, 0.15) is 12.5 Å². The highest BCUT2D eigenvalue weighted by atomic mass is 16.5. The standard InChI is InChI=1S/C10H13BO2/c1-8(11)10(12)13-7-9-5-3-2-4-6-9/h2-6,8H,7,11H2,1H3. The zero-order valence-corrected chi connectivity index (χ0v) is 7.99. The summed E-state index contributed by atoms with van der Waals surface area (Å²) < 4.78 is 5.05. The fraction of sp³-hybridized carbons (Fsp3) is 0.300. The lowest BCUT2D eigenvalue weighted by Gasteiger charge is -2.06. The minimum Gasteiger partial charge on any atom is -0.461 e. The second-order valence-electron chi connectivity index (χ2n) is 3.25. The summed E-state index contributed by atoms with van der Waals surface area (Å²) in [7, 11) is 1.83. The van der Waals surface area contributed by atoms with E-state index in [1.165, 1.54) is 0 Å². The van der Waals surface area contributed by atoms with Crippen molar-refractivity contribution in [1.29, 1.82) is 0 Å². The molecule has 0 bridgehead atoms. The lowest BCUT2D eigenvalue weighted by atomic mass is 9.90. The smallest absolute Gasteiger partial charge is 0.300 e. The molecule has 0 heterocycles. The molecule has 68 valence electrons. The van der Waals surface area contributed by atoms with Gasteiger partial charge in [0, 0.05) is 5.82 Å². The van der Waals surface area contributed by atoms with Gasteiger partial charge in [-0.25, -0.2) is 0 Å². The number of rotatable bonds is 3. The van der Waals surface area contributed by atoms with Crippen LogP contribution in [0.2, 0.25) is 5.82 Å².